The molecule has 0 aliphatic rings. The SMILES string of the molecule is [2H]c1c([2H])c([2H])c2c(-c3cccc4ccccc34)c3c([2H])c([2H])c([2H])c([2H])c3c(-c3ccc(-c4cccc5c4sc4ccccc45)cc3)c2c1[2H]. The molecule has 0 atom stereocenters. The van der Waals surface area contributed by atoms with Crippen LogP contribution in [0.5, 0.6) is 0 Å². The van der Waals surface area contributed by atoms with Gasteiger partial charge in [0.15, 0.2) is 0 Å². The summed E-state index contributed by atoms with van der Waals surface area (Å²) in [4.78, 5) is 0. The van der Waals surface area contributed by atoms with Gasteiger partial charge in [-0.05, 0) is 71.8 Å². The molecule has 0 amide bonds. The second-order valence-electron chi connectivity index (χ2n) is 10.6. The van der Waals surface area contributed by atoms with Gasteiger partial charge in [-0.1, -0.05) is 151 Å². The van der Waals surface area contributed by atoms with E-state index >= 15 is 0 Å². The predicted octanol–water partition coefficient (Wildman–Crippen LogP) is 12.5. The number of benzene rings is 8. The summed E-state index contributed by atoms with van der Waals surface area (Å²) in [5.74, 6) is 0. The van der Waals surface area contributed by atoms with Crippen molar-refractivity contribution in [3.05, 3.63) is 158 Å². The van der Waals surface area contributed by atoms with Gasteiger partial charge in [0.2, 0.25) is 0 Å². The molecule has 0 radical (unpaired) electrons. The van der Waals surface area contributed by atoms with E-state index in [-0.39, 0.29) is 45.7 Å². The molecule has 43 heavy (non-hydrogen) atoms. The molecule has 0 spiro atoms. The lowest BCUT2D eigenvalue weighted by atomic mass is 9.84. The van der Waals surface area contributed by atoms with E-state index in [4.69, 9.17) is 5.48 Å². The molecule has 9 rings (SSSR count). The van der Waals surface area contributed by atoms with Gasteiger partial charge in [0.05, 0.1) is 11.0 Å². The van der Waals surface area contributed by atoms with Crippen molar-refractivity contribution in [1.82, 2.24) is 0 Å². The molecule has 0 unspecified atom stereocenters. The van der Waals surface area contributed by atoms with Crippen LogP contribution < -0.4 is 0 Å². The van der Waals surface area contributed by atoms with Crippen LogP contribution in [0.15, 0.2) is 158 Å². The standard InChI is InChI=1S/C42H26S/c1-2-13-30-27(11-1)12-9-20-33(30)41-36-17-5-3-15-34(36)40(35-16-4-6-18-37(35)41)29-25-23-28(24-26-29)31-19-10-21-38-32-14-7-8-22-39(32)43-42(31)38/h1-26H/i3D,4D,5D,6D,15D,16D,17D,18D. The lowest BCUT2D eigenvalue weighted by Crippen LogP contribution is -1.91. The van der Waals surface area contributed by atoms with Crippen molar-refractivity contribution in [2.24, 2.45) is 0 Å². The molecule has 1 heteroatoms. The Morgan fingerprint density at radius 1 is 0.395 bits per heavy atom. The van der Waals surface area contributed by atoms with E-state index in [2.05, 4.69) is 24.3 Å². The Hall–Kier alpha value is -5.24. The van der Waals surface area contributed by atoms with Crippen LogP contribution in [0.2, 0.25) is 0 Å². The smallest absolute Gasteiger partial charge is 0.0629 e. The maximum atomic E-state index is 9.27. The Labute approximate surface area is 265 Å². The summed E-state index contributed by atoms with van der Waals surface area (Å²) in [7, 11) is 0. The Kier molecular flexibility index (Phi) is 3.97. The lowest BCUT2D eigenvalue weighted by molar-refractivity contribution is 1.64. The zero-order valence-corrected chi connectivity index (χ0v) is 23.6. The number of hydrogen-bond donors (Lipinski definition) is 0. The zero-order valence-electron chi connectivity index (χ0n) is 30.8. The van der Waals surface area contributed by atoms with Gasteiger partial charge < -0.3 is 0 Å². The largest absolute Gasteiger partial charge is 0.135 e. The molecule has 0 aliphatic heterocycles. The normalized spacial score (nSPS) is 14.3. The van der Waals surface area contributed by atoms with Gasteiger partial charge in [0.25, 0.3) is 0 Å². The van der Waals surface area contributed by atoms with Crippen molar-refractivity contribution < 1.29 is 11.0 Å². The molecule has 1 heterocycles. The van der Waals surface area contributed by atoms with E-state index in [9.17, 15) is 5.48 Å². The Morgan fingerprint density at radius 3 is 1.67 bits per heavy atom. The molecule has 8 aromatic carbocycles. The molecule has 0 nitrogen and oxygen atoms in total. The third-order valence-electron chi connectivity index (χ3n) is 8.32. The summed E-state index contributed by atoms with van der Waals surface area (Å²) >= 11 is 1.73. The average molecular weight is 571 g/mol. The Balaban J connectivity index is 1.42. The topological polar surface area (TPSA) is 0 Å². The van der Waals surface area contributed by atoms with E-state index < -0.39 is 24.2 Å². The summed E-state index contributed by atoms with van der Waals surface area (Å²) in [6.07, 6.45) is 0. The van der Waals surface area contributed by atoms with Crippen LogP contribution in [-0.2, 0) is 0 Å². The lowest BCUT2D eigenvalue weighted by Gasteiger charge is -2.19. The minimum absolute atomic E-state index is 0.209. The molecule has 1 aromatic heterocycles. The van der Waals surface area contributed by atoms with Gasteiger partial charge in [-0.2, -0.15) is 0 Å². The van der Waals surface area contributed by atoms with Crippen LogP contribution in [0.3, 0.4) is 0 Å². The van der Waals surface area contributed by atoms with Crippen LogP contribution in [0, 0.1) is 0 Å². The molecule has 9 aromatic rings. The van der Waals surface area contributed by atoms with E-state index in [1.54, 1.807) is 11.3 Å². The van der Waals surface area contributed by atoms with E-state index in [0.717, 1.165) is 26.6 Å². The molecular weight excluding hydrogens is 537 g/mol. The highest BCUT2D eigenvalue weighted by Crippen LogP contribution is 2.46. The summed E-state index contributed by atoms with van der Waals surface area (Å²) in [5, 5.41) is 4.91. The van der Waals surface area contributed by atoms with Gasteiger partial charge in [0, 0.05) is 20.2 Å². The minimum Gasteiger partial charge on any atom is -0.135 e. The number of thiophene rings is 1. The zero-order chi connectivity index (χ0) is 35.3. The van der Waals surface area contributed by atoms with Crippen molar-refractivity contribution in [2.75, 3.05) is 0 Å². The van der Waals surface area contributed by atoms with Gasteiger partial charge in [-0.25, -0.2) is 0 Å². The van der Waals surface area contributed by atoms with Crippen molar-refractivity contribution in [3.8, 4) is 33.4 Å². The molecule has 0 aliphatic carbocycles. The van der Waals surface area contributed by atoms with E-state index in [0.29, 0.717) is 22.3 Å². The second-order valence-corrected chi connectivity index (χ2v) is 11.7. The minimum atomic E-state index is -0.411. The van der Waals surface area contributed by atoms with Gasteiger partial charge in [0.1, 0.15) is 0 Å². The van der Waals surface area contributed by atoms with Gasteiger partial charge >= 0.3 is 0 Å². The fourth-order valence-electron chi connectivity index (χ4n) is 6.42. The van der Waals surface area contributed by atoms with Crippen molar-refractivity contribution in [2.45, 2.75) is 0 Å². The first-order valence-corrected chi connectivity index (χ1v) is 14.9. The summed E-state index contributed by atoms with van der Waals surface area (Å²) in [5.41, 5.74) is 3.92. The van der Waals surface area contributed by atoms with Gasteiger partial charge in [-0.3, -0.25) is 0 Å². The van der Waals surface area contributed by atoms with Crippen molar-refractivity contribution >= 4 is 63.8 Å². The van der Waals surface area contributed by atoms with Crippen LogP contribution in [0.25, 0.3) is 85.9 Å². The fourth-order valence-corrected chi connectivity index (χ4v) is 7.66. The second kappa shape index (κ2) is 9.66. The molecule has 0 fully saturated rings. The molecule has 0 saturated carbocycles. The predicted molar refractivity (Wildman–Crippen MR) is 188 cm³/mol. The van der Waals surface area contributed by atoms with Gasteiger partial charge in [-0.15, -0.1) is 11.3 Å². The van der Waals surface area contributed by atoms with Crippen LogP contribution in [0.1, 0.15) is 11.0 Å². The third kappa shape index (κ3) is 3.75. The first-order valence-electron chi connectivity index (χ1n) is 18.1. The number of rotatable bonds is 3. The molecule has 0 N–H and O–H groups in total. The Bertz CT molecular complexity index is 2860. The number of hydrogen-bond acceptors (Lipinski definition) is 1. The summed E-state index contributed by atoms with van der Waals surface area (Å²) in [6.45, 7) is 0. The third-order valence-corrected chi connectivity index (χ3v) is 9.54. The maximum absolute atomic E-state index is 9.27. The highest BCUT2D eigenvalue weighted by molar-refractivity contribution is 7.26. The molecule has 0 saturated heterocycles. The summed E-state index contributed by atoms with van der Waals surface area (Å²) < 4.78 is 74.4. The highest BCUT2D eigenvalue weighted by atomic mass is 32.1. The fraction of sp³-hybridized carbons (Fsp3) is 0. The van der Waals surface area contributed by atoms with Crippen LogP contribution >= 0.6 is 11.3 Å². The van der Waals surface area contributed by atoms with E-state index in [1.807, 2.05) is 84.9 Å². The first kappa shape index (κ1) is 17.7. The summed E-state index contributed by atoms with van der Waals surface area (Å²) in [6, 6.07) is 32.9. The average Bonchev–Trinajstić information content (AvgIpc) is 3.55. The van der Waals surface area contributed by atoms with Crippen LogP contribution in [0.4, 0.5) is 0 Å². The van der Waals surface area contributed by atoms with E-state index in [1.165, 1.54) is 15.5 Å². The quantitative estimate of drug-likeness (QED) is 0.185. The monoisotopic (exact) mass is 570 g/mol. The molecule has 200 valence electrons. The molecule has 0 bridgehead atoms. The van der Waals surface area contributed by atoms with Crippen molar-refractivity contribution in [3.63, 3.8) is 0 Å². The van der Waals surface area contributed by atoms with Crippen LogP contribution in [-0.4, -0.2) is 0 Å². The Morgan fingerprint density at radius 2 is 0.930 bits per heavy atom. The van der Waals surface area contributed by atoms with Crippen molar-refractivity contribution in [1.29, 1.82) is 0 Å². The molecular formula is C42H26S. The first-order chi connectivity index (χ1) is 24.7. The maximum Gasteiger partial charge on any atom is 0.0629 e. The highest BCUT2D eigenvalue weighted by Gasteiger charge is 2.18. The number of fused-ring (bicyclic) bond motifs is 6.